The van der Waals surface area contributed by atoms with Crippen LogP contribution in [0.4, 0.5) is 22.7 Å². The molecule has 1 aliphatic heterocycles. The first-order valence-corrected chi connectivity index (χ1v) is 16.5. The summed E-state index contributed by atoms with van der Waals surface area (Å²) in [7, 11) is 0. The molecule has 4 aromatic rings. The van der Waals surface area contributed by atoms with Gasteiger partial charge in [0.05, 0.1) is 22.7 Å². The Morgan fingerprint density at radius 1 is 0.487 bits per heavy atom. The van der Waals surface area contributed by atoms with Gasteiger partial charge in [0.2, 0.25) is 0 Å². The van der Waals surface area contributed by atoms with Gasteiger partial charge in [-0.2, -0.15) is 0 Å². The van der Waals surface area contributed by atoms with Crippen molar-refractivity contribution in [3.8, 4) is 0 Å². The minimum Gasteiger partial charge on any atom is -0.321 e. The summed E-state index contributed by atoms with van der Waals surface area (Å²) in [5.41, 5.74) is 11.7. The smallest absolute Gasteiger partial charge is 0.100 e. The van der Waals surface area contributed by atoms with Crippen molar-refractivity contribution >= 4 is 65.4 Å². The fraction of sp³-hybridized carbons (Fsp3) is 0.371. The van der Waals surface area contributed by atoms with E-state index in [1.807, 2.05) is 0 Å². The van der Waals surface area contributed by atoms with Crippen LogP contribution in [-0.2, 0) is 0 Å². The monoisotopic (exact) mass is 638 g/mol. The molecule has 0 radical (unpaired) electrons. The second kappa shape index (κ2) is 8.60. The molecular weight excluding hydrogens is 608 g/mol. The van der Waals surface area contributed by atoms with Crippen LogP contribution < -0.4 is 9.80 Å². The highest BCUT2D eigenvalue weighted by molar-refractivity contribution is 9.11. The quantitative estimate of drug-likeness (QED) is 0.215. The molecule has 39 heavy (non-hydrogen) atoms. The Morgan fingerprint density at radius 2 is 0.872 bits per heavy atom. The zero-order valence-electron chi connectivity index (χ0n) is 22.1. The van der Waals surface area contributed by atoms with Crippen molar-refractivity contribution in [3.05, 3.63) is 91.9 Å². The van der Waals surface area contributed by atoms with Crippen LogP contribution in [0.2, 0.25) is 0 Å². The maximum Gasteiger partial charge on any atom is 0.100 e. The molecule has 2 nitrogen and oxygen atoms in total. The SMILES string of the molecule is Brc1cc2c(cc1N1CN(c3cc4c(cc3Br)C3CCC4CC3)c3cccc4cccc1c34)C1CCC2CC1. The summed E-state index contributed by atoms with van der Waals surface area (Å²) in [5.74, 6) is 2.95. The van der Waals surface area contributed by atoms with Crippen molar-refractivity contribution in [1.29, 1.82) is 0 Å². The third kappa shape index (κ3) is 3.37. The van der Waals surface area contributed by atoms with Crippen molar-refractivity contribution in [3.63, 3.8) is 0 Å². The standard InChI is InChI=1S/C35H32Br2N2/c36-29-15-25-20-7-11-22(12-8-20)27(25)17-33(29)38-19-39(32-6-2-4-24-3-1-5-31(38)35(24)32)34-18-28-23-13-9-21(10-14-23)26(28)16-30(34)37/h1-6,15-18,20-23H,7-14,19H2. The molecule has 0 saturated heterocycles. The van der Waals surface area contributed by atoms with Gasteiger partial charge < -0.3 is 9.80 Å². The maximum atomic E-state index is 4.06. The molecular formula is C35H32Br2N2. The predicted molar refractivity (Wildman–Crippen MR) is 169 cm³/mol. The summed E-state index contributed by atoms with van der Waals surface area (Å²) in [5, 5.41) is 2.66. The molecule has 2 saturated carbocycles. The lowest BCUT2D eigenvalue weighted by Gasteiger charge is -2.43. The van der Waals surface area contributed by atoms with Crippen LogP contribution in [0.25, 0.3) is 10.8 Å². The largest absolute Gasteiger partial charge is 0.321 e. The Morgan fingerprint density at radius 3 is 1.28 bits per heavy atom. The number of nitrogens with zero attached hydrogens (tertiary/aromatic N) is 2. The van der Waals surface area contributed by atoms with E-state index in [2.05, 4.69) is 102 Å². The number of hydrogen-bond donors (Lipinski definition) is 0. The van der Waals surface area contributed by atoms with Gasteiger partial charge in [-0.15, -0.1) is 0 Å². The molecule has 11 rings (SSSR count). The van der Waals surface area contributed by atoms with E-state index in [0.717, 1.165) is 30.3 Å². The van der Waals surface area contributed by atoms with E-state index in [9.17, 15) is 0 Å². The number of rotatable bonds is 2. The summed E-state index contributed by atoms with van der Waals surface area (Å²) >= 11 is 8.13. The third-order valence-electron chi connectivity index (χ3n) is 10.8. The van der Waals surface area contributed by atoms with E-state index in [0.29, 0.717) is 0 Å². The number of hydrogen-bond acceptors (Lipinski definition) is 2. The molecule has 196 valence electrons. The van der Waals surface area contributed by atoms with Gasteiger partial charge in [-0.25, -0.2) is 0 Å². The topological polar surface area (TPSA) is 6.48 Å². The van der Waals surface area contributed by atoms with E-state index in [4.69, 9.17) is 0 Å². The maximum absolute atomic E-state index is 4.06. The van der Waals surface area contributed by atoms with Gasteiger partial charge in [0.25, 0.3) is 0 Å². The van der Waals surface area contributed by atoms with E-state index >= 15 is 0 Å². The van der Waals surface area contributed by atoms with E-state index in [-0.39, 0.29) is 0 Å². The fourth-order valence-corrected chi connectivity index (χ4v) is 10.1. The van der Waals surface area contributed by atoms with Crippen molar-refractivity contribution < 1.29 is 0 Å². The number of halogens is 2. The molecule has 0 aromatic heterocycles. The van der Waals surface area contributed by atoms with Crippen LogP contribution in [0.1, 0.15) is 97.3 Å². The fourth-order valence-electron chi connectivity index (χ4n) is 8.90. The summed E-state index contributed by atoms with van der Waals surface area (Å²) < 4.78 is 2.46. The molecule has 1 heterocycles. The van der Waals surface area contributed by atoms with Gasteiger partial charge in [0, 0.05) is 14.3 Å². The highest BCUT2D eigenvalue weighted by Gasteiger charge is 2.37. The number of anilines is 4. The van der Waals surface area contributed by atoms with Gasteiger partial charge in [-0.05, 0) is 171 Å². The number of fused-ring (bicyclic) bond motifs is 4. The zero-order chi connectivity index (χ0) is 25.8. The molecule has 0 amide bonds. The normalized spacial score (nSPS) is 26.2. The second-order valence-corrected chi connectivity index (χ2v) is 14.3. The van der Waals surface area contributed by atoms with Crippen LogP contribution in [0, 0.1) is 0 Å². The van der Waals surface area contributed by atoms with Crippen LogP contribution >= 0.6 is 31.9 Å². The van der Waals surface area contributed by atoms with Crippen molar-refractivity contribution in [2.45, 2.75) is 75.0 Å². The van der Waals surface area contributed by atoms with Gasteiger partial charge >= 0.3 is 0 Å². The minimum atomic E-state index is 0.728. The van der Waals surface area contributed by atoms with Crippen LogP contribution in [0.5, 0.6) is 0 Å². The average molecular weight is 640 g/mol. The molecule has 7 aliphatic rings. The van der Waals surface area contributed by atoms with Gasteiger partial charge in [-0.3, -0.25) is 0 Å². The highest BCUT2D eigenvalue weighted by Crippen LogP contribution is 2.55. The third-order valence-corrected chi connectivity index (χ3v) is 12.1. The minimum absolute atomic E-state index is 0.728. The predicted octanol–water partition coefficient (Wildman–Crippen LogP) is 11.1. The number of benzene rings is 4. The first kappa shape index (κ1) is 23.4. The first-order chi connectivity index (χ1) is 19.1. The lowest BCUT2D eigenvalue weighted by atomic mass is 9.67. The Bertz CT molecular complexity index is 1540. The van der Waals surface area contributed by atoms with Crippen LogP contribution in [0.3, 0.4) is 0 Å². The second-order valence-electron chi connectivity index (χ2n) is 12.6. The molecule has 0 unspecified atom stereocenters. The van der Waals surface area contributed by atoms with Crippen molar-refractivity contribution in [1.82, 2.24) is 0 Å². The van der Waals surface area contributed by atoms with Crippen molar-refractivity contribution in [2.75, 3.05) is 16.5 Å². The average Bonchev–Trinajstić information content (AvgIpc) is 2.98. The highest BCUT2D eigenvalue weighted by atomic mass is 79.9. The molecule has 0 spiro atoms. The lowest BCUT2D eigenvalue weighted by Crippen LogP contribution is -2.36. The van der Waals surface area contributed by atoms with Gasteiger partial charge in [0.15, 0.2) is 0 Å². The Labute approximate surface area is 247 Å². The van der Waals surface area contributed by atoms with Crippen LogP contribution in [-0.4, -0.2) is 6.67 Å². The first-order valence-electron chi connectivity index (χ1n) is 14.9. The lowest BCUT2D eigenvalue weighted by molar-refractivity contribution is 0.358. The summed E-state index contributed by atoms with van der Waals surface area (Å²) in [4.78, 5) is 5.14. The summed E-state index contributed by atoms with van der Waals surface area (Å²) in [6.45, 7) is 0.799. The van der Waals surface area contributed by atoms with E-state index in [1.54, 1.807) is 22.3 Å². The Hall–Kier alpha value is -2.30. The molecule has 0 N–H and O–H groups in total. The molecule has 2 fully saturated rings. The Balaban J connectivity index is 1.24. The zero-order valence-corrected chi connectivity index (χ0v) is 25.3. The van der Waals surface area contributed by atoms with Gasteiger partial charge in [-0.1, -0.05) is 24.3 Å². The van der Waals surface area contributed by atoms with E-state index in [1.165, 1.54) is 93.8 Å². The summed E-state index contributed by atoms with van der Waals surface area (Å²) in [6.07, 6.45) is 10.9. The van der Waals surface area contributed by atoms with E-state index < -0.39 is 0 Å². The molecule has 4 bridgehead atoms. The van der Waals surface area contributed by atoms with Crippen LogP contribution in [0.15, 0.2) is 69.6 Å². The van der Waals surface area contributed by atoms with Crippen molar-refractivity contribution in [2.24, 2.45) is 0 Å². The molecule has 0 atom stereocenters. The molecule has 4 heteroatoms. The molecule has 4 aromatic carbocycles. The Kier molecular flexibility index (Phi) is 5.16. The summed E-state index contributed by atoms with van der Waals surface area (Å²) in [6, 6.07) is 23.7. The van der Waals surface area contributed by atoms with Gasteiger partial charge in [0.1, 0.15) is 6.67 Å². The molecule has 6 aliphatic carbocycles.